The van der Waals surface area contributed by atoms with E-state index in [1.54, 1.807) is 0 Å². The molecule has 0 spiro atoms. The Labute approximate surface area is 201 Å². The highest BCUT2D eigenvalue weighted by atomic mass is 16.5. The normalized spacial score (nSPS) is 30.0. The molecule has 1 aliphatic carbocycles. The lowest BCUT2D eigenvalue weighted by molar-refractivity contribution is 0.0688. The summed E-state index contributed by atoms with van der Waals surface area (Å²) in [6, 6.07) is 23.1. The maximum atomic E-state index is 6.14. The van der Waals surface area contributed by atoms with Crippen LogP contribution < -0.4 is 0 Å². The van der Waals surface area contributed by atoms with Crippen LogP contribution in [0.3, 0.4) is 0 Å². The first kappa shape index (κ1) is 20.1. The zero-order valence-corrected chi connectivity index (χ0v) is 19.5. The molecule has 2 aromatic carbocycles. The van der Waals surface area contributed by atoms with Crippen molar-refractivity contribution in [1.29, 1.82) is 0 Å². The van der Waals surface area contributed by atoms with Crippen LogP contribution in [-0.2, 0) is 9.47 Å². The summed E-state index contributed by atoms with van der Waals surface area (Å²) < 4.78 is 12.3. The zero-order chi connectivity index (χ0) is 22.5. The molecule has 4 aliphatic heterocycles. The molecular weight excluding hydrogens is 424 g/mol. The van der Waals surface area contributed by atoms with Crippen molar-refractivity contribution in [2.24, 2.45) is 0 Å². The Kier molecular flexibility index (Phi) is 4.85. The Bertz CT molecular complexity index is 1000. The van der Waals surface area contributed by atoms with Crippen molar-refractivity contribution in [3.8, 4) is 0 Å². The Morgan fingerprint density at radius 2 is 1.03 bits per heavy atom. The monoisotopic (exact) mass is 456 g/mol. The van der Waals surface area contributed by atoms with Gasteiger partial charge in [-0.15, -0.1) is 0 Å². The van der Waals surface area contributed by atoms with Gasteiger partial charge in [0.25, 0.3) is 0 Å². The van der Waals surface area contributed by atoms with Crippen LogP contribution in [0.25, 0.3) is 0 Å². The molecule has 176 valence electrons. The largest absolute Gasteiger partial charge is 0.475 e. The van der Waals surface area contributed by atoms with Gasteiger partial charge in [0, 0.05) is 0 Å². The Hall–Kier alpha value is -3.28. The van der Waals surface area contributed by atoms with Gasteiger partial charge in [0.05, 0.1) is 49.9 Å². The van der Waals surface area contributed by atoms with Gasteiger partial charge in [0.1, 0.15) is 13.2 Å². The van der Waals surface area contributed by atoms with E-state index >= 15 is 0 Å². The molecule has 4 heterocycles. The molecule has 0 radical (unpaired) electrons. The molecule has 0 N–H and O–H groups in total. The van der Waals surface area contributed by atoms with Gasteiger partial charge in [0.15, 0.2) is 0 Å². The standard InChI is InChI=1S/C28H32N4O2/c1-3-9-21(10-4-1)25-17-33-27-15-29(19-31(25)27)23-13-7-8-14-24(23)30-16-28-32(20-30)26(18-34-28)22-11-5-2-6-12-22/h1-6,9-12,15-16,23-26H,7-8,13-14,17-20H2/t23?,24?,25-,26-/m1/s1. The third-order valence-corrected chi connectivity index (χ3v) is 8.20. The molecule has 0 amide bonds. The average molecular weight is 457 g/mol. The van der Waals surface area contributed by atoms with Crippen LogP contribution >= 0.6 is 0 Å². The first-order valence-corrected chi connectivity index (χ1v) is 12.7. The maximum absolute atomic E-state index is 6.14. The zero-order valence-electron chi connectivity index (χ0n) is 19.5. The van der Waals surface area contributed by atoms with Crippen molar-refractivity contribution in [3.05, 3.63) is 96.0 Å². The second-order valence-electron chi connectivity index (χ2n) is 10.1. The Balaban J connectivity index is 1.08. The summed E-state index contributed by atoms with van der Waals surface area (Å²) in [6.07, 6.45) is 9.59. The van der Waals surface area contributed by atoms with E-state index < -0.39 is 0 Å². The molecule has 0 bridgehead atoms. The highest BCUT2D eigenvalue weighted by molar-refractivity contribution is 5.25. The van der Waals surface area contributed by atoms with Crippen LogP contribution in [0.15, 0.2) is 84.8 Å². The van der Waals surface area contributed by atoms with Crippen LogP contribution in [0.5, 0.6) is 0 Å². The topological polar surface area (TPSA) is 31.4 Å². The minimum atomic E-state index is 0.305. The van der Waals surface area contributed by atoms with Gasteiger partial charge in [-0.1, -0.05) is 73.5 Å². The molecule has 2 aromatic rings. The molecule has 7 rings (SSSR count). The lowest BCUT2D eigenvalue weighted by Crippen LogP contribution is -2.51. The second kappa shape index (κ2) is 8.19. The lowest BCUT2D eigenvalue weighted by Gasteiger charge is -2.43. The van der Waals surface area contributed by atoms with Gasteiger partial charge in [0.2, 0.25) is 11.8 Å². The predicted molar refractivity (Wildman–Crippen MR) is 130 cm³/mol. The molecule has 34 heavy (non-hydrogen) atoms. The fraction of sp³-hybridized carbons (Fsp3) is 0.429. The highest BCUT2D eigenvalue weighted by Crippen LogP contribution is 2.42. The number of nitrogens with zero attached hydrogens (tertiary/aromatic N) is 4. The first-order valence-electron chi connectivity index (χ1n) is 12.7. The van der Waals surface area contributed by atoms with Crippen molar-refractivity contribution < 1.29 is 9.47 Å². The van der Waals surface area contributed by atoms with E-state index in [1.807, 2.05) is 0 Å². The van der Waals surface area contributed by atoms with Crippen LogP contribution in [0.2, 0.25) is 0 Å². The van der Waals surface area contributed by atoms with E-state index in [-0.39, 0.29) is 0 Å². The number of hydrogen-bond donors (Lipinski definition) is 0. The Morgan fingerprint density at radius 1 is 0.588 bits per heavy atom. The molecule has 1 saturated carbocycles. The molecule has 2 saturated heterocycles. The minimum absolute atomic E-state index is 0.305. The van der Waals surface area contributed by atoms with Crippen molar-refractivity contribution in [2.75, 3.05) is 26.6 Å². The van der Waals surface area contributed by atoms with Crippen molar-refractivity contribution in [1.82, 2.24) is 19.6 Å². The summed E-state index contributed by atoms with van der Waals surface area (Å²) in [4.78, 5) is 9.98. The summed E-state index contributed by atoms with van der Waals surface area (Å²) >= 11 is 0. The summed E-state index contributed by atoms with van der Waals surface area (Å²) in [5, 5.41) is 0. The highest BCUT2D eigenvalue weighted by Gasteiger charge is 2.44. The first-order chi connectivity index (χ1) is 16.8. The fourth-order valence-electron chi connectivity index (χ4n) is 6.43. The van der Waals surface area contributed by atoms with Gasteiger partial charge in [-0.3, -0.25) is 0 Å². The summed E-state index contributed by atoms with van der Waals surface area (Å²) in [5.41, 5.74) is 2.67. The van der Waals surface area contributed by atoms with E-state index in [4.69, 9.17) is 9.47 Å². The van der Waals surface area contributed by atoms with Gasteiger partial charge in [-0.25, -0.2) is 0 Å². The molecule has 5 aliphatic rings. The van der Waals surface area contributed by atoms with Gasteiger partial charge in [-0.05, 0) is 24.0 Å². The van der Waals surface area contributed by atoms with Gasteiger partial charge in [-0.2, -0.15) is 0 Å². The molecule has 0 aromatic heterocycles. The lowest BCUT2D eigenvalue weighted by atomic mass is 9.88. The molecular formula is C28H32N4O2. The summed E-state index contributed by atoms with van der Waals surface area (Å²) in [5.74, 6) is 2.07. The maximum Gasteiger partial charge on any atom is 0.208 e. The van der Waals surface area contributed by atoms with Crippen molar-refractivity contribution >= 4 is 0 Å². The Morgan fingerprint density at radius 3 is 1.47 bits per heavy atom. The minimum Gasteiger partial charge on any atom is -0.475 e. The number of benzene rings is 2. The predicted octanol–water partition coefficient (Wildman–Crippen LogP) is 4.59. The van der Waals surface area contributed by atoms with E-state index in [0.717, 1.165) is 38.3 Å². The van der Waals surface area contributed by atoms with Gasteiger partial charge < -0.3 is 29.1 Å². The quantitative estimate of drug-likeness (QED) is 0.669. The van der Waals surface area contributed by atoms with E-state index in [2.05, 4.69) is 92.7 Å². The molecule has 6 heteroatoms. The number of hydrogen-bond acceptors (Lipinski definition) is 6. The third-order valence-electron chi connectivity index (χ3n) is 8.20. The molecule has 4 atom stereocenters. The summed E-state index contributed by atoms with van der Waals surface area (Å²) in [7, 11) is 0. The van der Waals surface area contributed by atoms with Crippen molar-refractivity contribution in [2.45, 2.75) is 49.9 Å². The van der Waals surface area contributed by atoms with Crippen LogP contribution in [0.4, 0.5) is 0 Å². The fourth-order valence-corrected chi connectivity index (χ4v) is 6.43. The van der Waals surface area contributed by atoms with E-state index in [0.29, 0.717) is 24.2 Å². The molecule has 2 unspecified atom stereocenters. The molecule has 6 nitrogen and oxygen atoms in total. The SMILES string of the molecule is C1=C2OC[C@H](c3ccccc3)N2CN1C1CCCCC1N1C=C2OC[C@H](c3ccccc3)N2C1. The molecule has 3 fully saturated rings. The van der Waals surface area contributed by atoms with E-state index in [9.17, 15) is 0 Å². The number of ether oxygens (including phenoxy) is 2. The van der Waals surface area contributed by atoms with Crippen LogP contribution in [-0.4, -0.2) is 58.2 Å². The smallest absolute Gasteiger partial charge is 0.208 e. The van der Waals surface area contributed by atoms with E-state index in [1.165, 1.54) is 36.8 Å². The average Bonchev–Trinajstić information content (AvgIpc) is 3.65. The number of fused-ring (bicyclic) bond motifs is 2. The number of rotatable bonds is 4. The van der Waals surface area contributed by atoms with Crippen molar-refractivity contribution in [3.63, 3.8) is 0 Å². The third kappa shape index (κ3) is 3.30. The van der Waals surface area contributed by atoms with Crippen LogP contribution in [0, 0.1) is 0 Å². The second-order valence-corrected chi connectivity index (χ2v) is 10.1. The summed E-state index contributed by atoms with van der Waals surface area (Å²) in [6.45, 7) is 3.30. The van der Waals surface area contributed by atoms with Crippen LogP contribution in [0.1, 0.15) is 48.9 Å². The van der Waals surface area contributed by atoms with Gasteiger partial charge >= 0.3 is 0 Å².